The van der Waals surface area contributed by atoms with Crippen LogP contribution in [0.3, 0.4) is 0 Å². The summed E-state index contributed by atoms with van der Waals surface area (Å²) in [5.74, 6) is 3.39. The standard InChI is InChI=1S/2C31H32O7.Na/c2*1-3-10-22-26(13-7-14-28(22)38-29-12-6-5-11-23(29)31(33)34)36-17-9-18-37-30-20-25(32)24(19-21(30)4-2)27-15-8-16-35-27;/h2*5-8,11-16,19-20,32H,3-4,9-10,17-18H2,1-2H3,(H,33,34);/q;;+1/p-1. The smallest absolute Gasteiger partial charge is 0.545 e. The molecule has 0 saturated carbocycles. The molecule has 0 atom stereocenters. The molecule has 3 N–H and O–H groups in total. The molecule has 2 heterocycles. The van der Waals surface area contributed by atoms with Gasteiger partial charge in [0, 0.05) is 41.7 Å². The van der Waals surface area contributed by atoms with E-state index < -0.39 is 11.9 Å². The minimum Gasteiger partial charge on any atom is -0.545 e. The zero-order valence-electron chi connectivity index (χ0n) is 44.2. The van der Waals surface area contributed by atoms with E-state index in [4.69, 9.17) is 37.3 Å². The third-order valence-electron chi connectivity index (χ3n) is 12.1. The Bertz CT molecular complexity index is 2940. The normalized spacial score (nSPS) is 10.6. The van der Waals surface area contributed by atoms with Crippen molar-refractivity contribution in [3.63, 3.8) is 0 Å². The van der Waals surface area contributed by atoms with E-state index in [1.54, 1.807) is 85.3 Å². The number of aromatic hydroxyl groups is 2. The maximum absolute atomic E-state index is 11.6. The van der Waals surface area contributed by atoms with Gasteiger partial charge in [-0.2, -0.15) is 0 Å². The van der Waals surface area contributed by atoms with Crippen molar-refractivity contribution in [3.8, 4) is 80.1 Å². The number of hydrogen-bond acceptors (Lipinski definition) is 13. The first-order valence-corrected chi connectivity index (χ1v) is 25.6. The van der Waals surface area contributed by atoms with Crippen molar-refractivity contribution in [3.05, 3.63) is 179 Å². The summed E-state index contributed by atoms with van der Waals surface area (Å²) in [5.41, 5.74) is 5.09. The molecule has 15 heteroatoms. The molecular weight excluding hydrogens is 992 g/mol. The number of carboxylic acid groups (broad SMARTS) is 2. The van der Waals surface area contributed by atoms with Crippen molar-refractivity contribution in [2.45, 2.75) is 79.1 Å². The topological polar surface area (TPSA) is 200 Å². The van der Waals surface area contributed by atoms with Gasteiger partial charge < -0.3 is 62.5 Å². The predicted octanol–water partition coefficient (Wildman–Crippen LogP) is 10.7. The first-order valence-electron chi connectivity index (χ1n) is 25.6. The van der Waals surface area contributed by atoms with Gasteiger partial charge in [0.25, 0.3) is 0 Å². The van der Waals surface area contributed by atoms with Crippen molar-refractivity contribution in [1.29, 1.82) is 0 Å². The van der Waals surface area contributed by atoms with Gasteiger partial charge in [0.05, 0.1) is 56.1 Å². The molecule has 396 valence electrons. The fourth-order valence-corrected chi connectivity index (χ4v) is 8.39. The zero-order valence-corrected chi connectivity index (χ0v) is 46.2. The number of furan rings is 2. The van der Waals surface area contributed by atoms with E-state index in [0.29, 0.717) is 103 Å². The SMILES string of the molecule is CCCc1c(OCCCOc2cc(O)c(-c3ccco3)cc2CC)cccc1Oc1ccccc1C(=O)O.CCCc1c(OCCCOc2cc(O)c(-c3ccco3)cc2CC)cccc1Oc1ccccc1C(=O)[O-].[Na+]. The molecular formula is C62H63NaO14. The number of aryl methyl sites for hydroxylation is 2. The van der Waals surface area contributed by atoms with Crippen LogP contribution in [-0.2, 0) is 25.7 Å². The average Bonchev–Trinajstić information content (AvgIpc) is 4.18. The minimum atomic E-state index is -1.29. The van der Waals surface area contributed by atoms with Crippen LogP contribution in [0.2, 0.25) is 0 Å². The molecule has 14 nitrogen and oxygen atoms in total. The number of carbonyl (C=O) groups is 2. The fraction of sp³-hybridized carbons (Fsp3) is 0.258. The molecule has 0 aliphatic rings. The molecule has 0 spiro atoms. The van der Waals surface area contributed by atoms with E-state index in [-0.39, 0.29) is 63.7 Å². The Labute approximate surface area is 471 Å². The van der Waals surface area contributed by atoms with Crippen molar-refractivity contribution < 1.29 is 96.8 Å². The molecule has 2 aromatic heterocycles. The van der Waals surface area contributed by atoms with Crippen LogP contribution >= 0.6 is 0 Å². The van der Waals surface area contributed by atoms with Crippen LogP contribution in [0.5, 0.6) is 57.5 Å². The average molecular weight is 1060 g/mol. The molecule has 0 aliphatic carbocycles. The summed E-state index contributed by atoms with van der Waals surface area (Å²) in [6.45, 7) is 9.84. The number of hydrogen-bond donors (Lipinski definition) is 3. The minimum absolute atomic E-state index is 0. The summed E-state index contributed by atoms with van der Waals surface area (Å²) in [4.78, 5) is 23.1. The van der Waals surface area contributed by atoms with Crippen LogP contribution in [0.25, 0.3) is 22.6 Å². The molecule has 0 bridgehead atoms. The van der Waals surface area contributed by atoms with Gasteiger partial charge in [0.2, 0.25) is 0 Å². The van der Waals surface area contributed by atoms with Gasteiger partial charge in [-0.3, -0.25) is 0 Å². The molecule has 0 unspecified atom stereocenters. The van der Waals surface area contributed by atoms with Gasteiger partial charge in [-0.25, -0.2) is 4.79 Å². The number of carbonyl (C=O) groups excluding carboxylic acids is 1. The summed E-state index contributed by atoms with van der Waals surface area (Å²) in [5, 5.41) is 41.9. The van der Waals surface area contributed by atoms with Crippen LogP contribution in [-0.4, -0.2) is 53.7 Å². The van der Waals surface area contributed by atoms with Crippen LogP contribution in [0, 0.1) is 0 Å². The number of ether oxygens (including phenoxy) is 6. The molecule has 6 aromatic carbocycles. The second kappa shape index (κ2) is 29.5. The van der Waals surface area contributed by atoms with Crippen molar-refractivity contribution in [2.75, 3.05) is 26.4 Å². The van der Waals surface area contributed by atoms with Crippen molar-refractivity contribution >= 4 is 11.9 Å². The Balaban J connectivity index is 0.000000246. The van der Waals surface area contributed by atoms with Crippen molar-refractivity contribution in [2.24, 2.45) is 0 Å². The monoisotopic (exact) mass is 1050 g/mol. The molecule has 8 aromatic rings. The summed E-state index contributed by atoms with van der Waals surface area (Å²) < 4.78 is 47.0. The maximum atomic E-state index is 11.6. The number of benzene rings is 6. The van der Waals surface area contributed by atoms with Gasteiger partial charge in [-0.15, -0.1) is 0 Å². The zero-order chi connectivity index (χ0) is 53.8. The largest absolute Gasteiger partial charge is 1.00 e. The Kier molecular flexibility index (Phi) is 22.4. The van der Waals surface area contributed by atoms with Gasteiger partial charge in [-0.1, -0.05) is 76.9 Å². The van der Waals surface area contributed by atoms with E-state index in [0.717, 1.165) is 54.4 Å². The van der Waals surface area contributed by atoms with E-state index in [1.807, 2.05) is 62.4 Å². The molecule has 0 fully saturated rings. The quantitative estimate of drug-likeness (QED) is 0.0342. The third kappa shape index (κ3) is 15.7. The van der Waals surface area contributed by atoms with E-state index in [9.17, 15) is 30.0 Å². The number of carboxylic acids is 2. The molecule has 8 rings (SSSR count). The summed E-state index contributed by atoms with van der Waals surface area (Å²) >= 11 is 0. The number of rotatable bonds is 26. The third-order valence-corrected chi connectivity index (χ3v) is 12.1. The summed E-state index contributed by atoms with van der Waals surface area (Å²) in [6.07, 6.45) is 9.05. The first-order chi connectivity index (χ1) is 37.0. The Morgan fingerprint density at radius 3 is 1.26 bits per heavy atom. The van der Waals surface area contributed by atoms with Crippen molar-refractivity contribution in [1.82, 2.24) is 0 Å². The van der Waals surface area contributed by atoms with Crippen LogP contribution in [0.4, 0.5) is 0 Å². The van der Waals surface area contributed by atoms with E-state index in [2.05, 4.69) is 13.8 Å². The fourth-order valence-electron chi connectivity index (χ4n) is 8.39. The van der Waals surface area contributed by atoms with Gasteiger partial charge in [0.15, 0.2) is 0 Å². The van der Waals surface area contributed by atoms with Crippen LogP contribution in [0.15, 0.2) is 155 Å². The predicted molar refractivity (Wildman–Crippen MR) is 287 cm³/mol. The van der Waals surface area contributed by atoms with E-state index >= 15 is 0 Å². The van der Waals surface area contributed by atoms with Crippen LogP contribution in [0.1, 0.15) is 96.3 Å². The van der Waals surface area contributed by atoms with Gasteiger partial charge >= 0.3 is 35.5 Å². The second-order valence-corrected chi connectivity index (χ2v) is 17.5. The molecule has 0 amide bonds. The maximum Gasteiger partial charge on any atom is 1.00 e. The number of phenols is 2. The number of aromatic carboxylic acids is 2. The molecule has 0 aliphatic heterocycles. The Morgan fingerprint density at radius 1 is 0.481 bits per heavy atom. The van der Waals surface area contributed by atoms with Gasteiger partial charge in [0.1, 0.15) is 74.6 Å². The van der Waals surface area contributed by atoms with E-state index in [1.165, 1.54) is 12.1 Å². The molecule has 0 radical (unpaired) electrons. The number of para-hydroxylation sites is 2. The Morgan fingerprint density at radius 2 is 0.870 bits per heavy atom. The van der Waals surface area contributed by atoms with Crippen LogP contribution < -0.4 is 63.1 Å². The second-order valence-electron chi connectivity index (χ2n) is 17.5. The van der Waals surface area contributed by atoms with Gasteiger partial charge in [-0.05, 0) is 122 Å². The summed E-state index contributed by atoms with van der Waals surface area (Å²) in [6, 6.07) is 38.3. The molecule has 0 saturated heterocycles. The number of phenolic OH excluding ortho intramolecular Hbond substituents is 2. The Hall–Kier alpha value is -7.78. The first kappa shape index (κ1) is 58.5. The molecule has 77 heavy (non-hydrogen) atoms. The summed E-state index contributed by atoms with van der Waals surface area (Å²) in [7, 11) is 0.